The number of hydrogen-bond acceptors (Lipinski definition) is 8. The van der Waals surface area contributed by atoms with Crippen LogP contribution >= 0.6 is 11.6 Å². The molecule has 1 aliphatic rings. The van der Waals surface area contributed by atoms with Crippen molar-refractivity contribution in [3.8, 4) is 0 Å². The molecule has 218 valence electrons. The van der Waals surface area contributed by atoms with E-state index in [9.17, 15) is 23.2 Å². The summed E-state index contributed by atoms with van der Waals surface area (Å²) in [6.07, 6.45) is 1.72. The maximum absolute atomic E-state index is 13.7. The number of amides is 2. The van der Waals surface area contributed by atoms with Crippen molar-refractivity contribution in [1.29, 1.82) is 0 Å². The van der Waals surface area contributed by atoms with Crippen LogP contribution in [-0.4, -0.2) is 73.2 Å². The van der Waals surface area contributed by atoms with Gasteiger partial charge < -0.3 is 25.5 Å². The van der Waals surface area contributed by atoms with E-state index in [0.29, 0.717) is 42.5 Å². The van der Waals surface area contributed by atoms with Gasteiger partial charge in [0.2, 0.25) is 5.91 Å². The van der Waals surface area contributed by atoms with Crippen LogP contribution in [0.1, 0.15) is 18.4 Å². The van der Waals surface area contributed by atoms with Crippen LogP contribution in [0.2, 0.25) is 5.02 Å². The highest BCUT2D eigenvalue weighted by Gasteiger charge is 2.40. The smallest absolute Gasteiger partial charge is 0.412 e. The number of rotatable bonds is 12. The van der Waals surface area contributed by atoms with Gasteiger partial charge in [-0.2, -0.15) is 0 Å². The number of carbonyl (C=O) groups excluding carboxylic acids is 3. The molecule has 0 unspecified atom stereocenters. The van der Waals surface area contributed by atoms with Gasteiger partial charge in [-0.3, -0.25) is 15.0 Å². The number of fused-ring (bicyclic) bond motifs is 1. The van der Waals surface area contributed by atoms with Gasteiger partial charge in [0.15, 0.2) is 0 Å². The van der Waals surface area contributed by atoms with Crippen LogP contribution in [0.25, 0.3) is 10.8 Å². The molecule has 0 saturated carbocycles. The maximum Gasteiger partial charge on any atom is 0.412 e. The number of benzene rings is 2. The summed E-state index contributed by atoms with van der Waals surface area (Å²) in [6, 6.07) is 10.2. The van der Waals surface area contributed by atoms with Crippen molar-refractivity contribution in [3.63, 3.8) is 0 Å². The molecule has 0 radical (unpaired) electrons. The predicted molar refractivity (Wildman–Crippen MR) is 150 cm³/mol. The Balaban J connectivity index is 1.44. The van der Waals surface area contributed by atoms with E-state index in [0.717, 1.165) is 6.29 Å². The third-order valence-electron chi connectivity index (χ3n) is 6.76. The summed E-state index contributed by atoms with van der Waals surface area (Å²) in [7, 11) is 0. The third-order valence-corrected chi connectivity index (χ3v) is 7.18. The Hall–Kier alpha value is -3.71. The quantitative estimate of drug-likeness (QED) is 0.238. The second-order valence-corrected chi connectivity index (χ2v) is 9.98. The van der Waals surface area contributed by atoms with E-state index in [1.807, 2.05) is 4.90 Å². The molecule has 2 heterocycles. The molecule has 0 aliphatic carbocycles. The number of halogens is 3. The summed E-state index contributed by atoms with van der Waals surface area (Å²) in [5.41, 5.74) is -0.672. The second-order valence-electron chi connectivity index (χ2n) is 9.60. The van der Waals surface area contributed by atoms with Crippen molar-refractivity contribution in [1.82, 2.24) is 25.8 Å². The normalized spacial score (nSPS) is 15.2. The highest BCUT2D eigenvalue weighted by molar-refractivity contribution is 6.31. The summed E-state index contributed by atoms with van der Waals surface area (Å²) >= 11 is 6.00. The van der Waals surface area contributed by atoms with E-state index >= 15 is 0 Å². The minimum atomic E-state index is -1.17. The zero-order chi connectivity index (χ0) is 29.2. The molecule has 2 aromatic carbocycles. The number of aromatic nitrogens is 1. The lowest BCUT2D eigenvalue weighted by Crippen LogP contribution is -2.67. The molecule has 4 rings (SSSR count). The molecule has 10 nitrogen and oxygen atoms in total. The number of pyridine rings is 1. The number of hydrogen-bond donors (Lipinski definition) is 4. The molecule has 1 aliphatic heterocycles. The lowest BCUT2D eigenvalue weighted by Gasteiger charge is -2.45. The molecule has 0 bridgehead atoms. The van der Waals surface area contributed by atoms with Gasteiger partial charge in [0.05, 0.1) is 11.6 Å². The summed E-state index contributed by atoms with van der Waals surface area (Å²) in [5, 5.41) is 12.9. The molecule has 1 fully saturated rings. The number of nitrogens with one attached hydrogen (secondary N) is 4. The average molecular weight is 589 g/mol. The number of aldehydes is 1. The first kappa shape index (κ1) is 30.3. The van der Waals surface area contributed by atoms with Gasteiger partial charge in [0.1, 0.15) is 36.0 Å². The van der Waals surface area contributed by atoms with Crippen molar-refractivity contribution < 1.29 is 27.9 Å². The van der Waals surface area contributed by atoms with Gasteiger partial charge >= 0.3 is 6.09 Å². The average Bonchev–Trinajstić information content (AvgIpc) is 2.97. The van der Waals surface area contributed by atoms with Crippen molar-refractivity contribution >= 4 is 46.5 Å². The number of carbonyl (C=O) groups is 3. The van der Waals surface area contributed by atoms with Crippen LogP contribution in [0.4, 0.5) is 19.4 Å². The molecule has 1 atom stereocenters. The molecule has 3 aromatic rings. The van der Waals surface area contributed by atoms with Gasteiger partial charge in [-0.15, -0.1) is 0 Å². The minimum absolute atomic E-state index is 0.0213. The largest absolute Gasteiger partial charge is 0.445 e. The zero-order valence-electron chi connectivity index (χ0n) is 22.2. The number of nitrogens with zero attached hydrogens (tertiary/aromatic N) is 2. The second kappa shape index (κ2) is 14.3. The first-order valence-corrected chi connectivity index (χ1v) is 13.5. The summed E-state index contributed by atoms with van der Waals surface area (Å²) in [4.78, 5) is 43.4. The lowest BCUT2D eigenvalue weighted by atomic mass is 10.0. The lowest BCUT2D eigenvalue weighted by molar-refractivity contribution is -0.128. The Morgan fingerprint density at radius 1 is 1.15 bits per heavy atom. The van der Waals surface area contributed by atoms with E-state index in [1.165, 1.54) is 36.5 Å². The third kappa shape index (κ3) is 8.17. The molecule has 4 N–H and O–H groups in total. The highest BCUT2D eigenvalue weighted by atomic mass is 35.5. The molecule has 1 saturated heterocycles. The number of ether oxygens (including phenoxy) is 1. The van der Waals surface area contributed by atoms with Crippen molar-refractivity contribution in [3.05, 3.63) is 70.9 Å². The van der Waals surface area contributed by atoms with Crippen molar-refractivity contribution in [2.24, 2.45) is 0 Å². The van der Waals surface area contributed by atoms with E-state index in [2.05, 4.69) is 26.3 Å². The summed E-state index contributed by atoms with van der Waals surface area (Å²) in [6.45, 7) is 2.11. The Morgan fingerprint density at radius 3 is 2.73 bits per heavy atom. The van der Waals surface area contributed by atoms with Gasteiger partial charge in [-0.1, -0.05) is 23.7 Å². The fourth-order valence-electron chi connectivity index (χ4n) is 4.69. The zero-order valence-corrected chi connectivity index (χ0v) is 23.0. The van der Waals surface area contributed by atoms with E-state index < -0.39 is 29.3 Å². The van der Waals surface area contributed by atoms with Crippen LogP contribution < -0.4 is 21.3 Å². The van der Waals surface area contributed by atoms with E-state index in [1.54, 1.807) is 12.1 Å². The number of anilines is 1. The van der Waals surface area contributed by atoms with Crippen LogP contribution in [0.3, 0.4) is 0 Å². The summed E-state index contributed by atoms with van der Waals surface area (Å²) in [5.74, 6) is -1.22. The van der Waals surface area contributed by atoms with Crippen LogP contribution in [0, 0.1) is 11.6 Å². The van der Waals surface area contributed by atoms with Crippen LogP contribution in [0.15, 0.2) is 48.7 Å². The molecular formula is C28H31ClF2N6O4. The van der Waals surface area contributed by atoms with Crippen LogP contribution in [-0.2, 0) is 20.9 Å². The van der Waals surface area contributed by atoms with E-state index in [4.69, 9.17) is 16.3 Å². The summed E-state index contributed by atoms with van der Waals surface area (Å²) < 4.78 is 32.9. The molecular weight excluding hydrogens is 558 g/mol. The highest BCUT2D eigenvalue weighted by Crippen LogP contribution is 2.22. The van der Waals surface area contributed by atoms with Gasteiger partial charge in [-0.25, -0.2) is 18.6 Å². The standard InChI is InChI=1S/C28H31ClF2N6O4/c29-26-20(3-1-4-23(26)31)15-33-17-25(39)36-28(7-2-12-38,37-10-8-32-9-11-37)18-41-27(40)35-24-14-21-13-22(30)6-5-19(21)16-34-24/h1,3-6,12-14,16,32-33H,2,7-11,15,17-18H2,(H,36,39)(H,34,35,40)/t28-/m0/s1. The Labute approximate surface area is 240 Å². The van der Waals surface area contributed by atoms with Gasteiger partial charge in [-0.05, 0) is 47.7 Å². The fourth-order valence-corrected chi connectivity index (χ4v) is 4.89. The number of piperazine rings is 1. The van der Waals surface area contributed by atoms with Gasteiger partial charge in [0.25, 0.3) is 0 Å². The Morgan fingerprint density at radius 2 is 1.95 bits per heavy atom. The maximum atomic E-state index is 13.7. The van der Waals surface area contributed by atoms with Crippen molar-refractivity contribution in [2.75, 3.05) is 44.6 Å². The SMILES string of the molecule is O=CCC[C@](COC(=O)Nc1cc2cc(F)ccc2cn1)(NC(=O)CNCc1cccc(F)c1Cl)N1CCNCC1. The minimum Gasteiger partial charge on any atom is -0.445 e. The molecule has 0 spiro atoms. The van der Waals surface area contributed by atoms with Gasteiger partial charge in [0, 0.05) is 50.7 Å². The molecule has 2 amide bonds. The monoisotopic (exact) mass is 588 g/mol. The topological polar surface area (TPSA) is 125 Å². The molecule has 13 heteroatoms. The Kier molecular flexibility index (Phi) is 10.5. The molecule has 1 aromatic heterocycles. The van der Waals surface area contributed by atoms with E-state index in [-0.39, 0.29) is 43.4 Å². The first-order chi connectivity index (χ1) is 19.8. The molecule has 41 heavy (non-hydrogen) atoms. The first-order valence-electron chi connectivity index (χ1n) is 13.1. The predicted octanol–water partition coefficient (Wildman–Crippen LogP) is 3.20. The van der Waals surface area contributed by atoms with Crippen molar-refractivity contribution in [2.45, 2.75) is 25.0 Å². The fraction of sp³-hybridized carbons (Fsp3) is 0.357. The Bertz CT molecular complexity index is 1390. The van der Waals surface area contributed by atoms with Crippen LogP contribution in [0.5, 0.6) is 0 Å².